The molecule has 1 spiro atoms. The van der Waals surface area contributed by atoms with Gasteiger partial charge in [-0.15, -0.1) is 0 Å². The topological polar surface area (TPSA) is 192 Å². The van der Waals surface area contributed by atoms with Gasteiger partial charge in [-0.05, 0) is 39.7 Å². The molecule has 0 saturated carbocycles. The number of imide groups is 1. The zero-order valence-electron chi connectivity index (χ0n) is 26.4. The molecule has 0 aliphatic carbocycles. The lowest BCUT2D eigenvalue weighted by Crippen LogP contribution is -2.72. The highest BCUT2D eigenvalue weighted by atomic mass is 19.1. The minimum Gasteiger partial charge on any atom is -0.372 e. The van der Waals surface area contributed by atoms with E-state index in [1.165, 1.54) is 6.07 Å². The summed E-state index contributed by atoms with van der Waals surface area (Å²) in [5, 5.41) is 24.1. The molecule has 4 aliphatic rings. The van der Waals surface area contributed by atoms with E-state index in [0.29, 0.717) is 19.4 Å². The van der Waals surface area contributed by atoms with Gasteiger partial charge in [0.15, 0.2) is 23.7 Å². The Bertz CT molecular complexity index is 1690. The van der Waals surface area contributed by atoms with Crippen molar-refractivity contribution in [3.05, 3.63) is 67.3 Å². The van der Waals surface area contributed by atoms with E-state index in [0.717, 1.165) is 18.2 Å². The Balaban J connectivity index is 0.000000199. The molecule has 6 rings (SSSR count). The maximum atomic E-state index is 14.9. The SMILES string of the molecule is C[C@@H]1CN(c2c(F)cc([N+](=O)[O-])cc2C=O)C[C@H](C)O1.C[C@@H]1CN2c3c(F)cc([N+](=O)[O-])cc3C[C@@]3(C(=O)CC(=O)NC3=O)[C@H]2[C@H](C)O1. The molecule has 0 unspecified atom stereocenters. The molecular weight excluding hydrogens is 640 g/mol. The van der Waals surface area contributed by atoms with Crippen LogP contribution in [0.25, 0.3) is 0 Å². The molecule has 0 aromatic heterocycles. The van der Waals surface area contributed by atoms with Gasteiger partial charge in [0.25, 0.3) is 11.4 Å². The van der Waals surface area contributed by atoms with Crippen LogP contribution in [-0.2, 0) is 30.3 Å². The molecule has 4 aliphatic heterocycles. The molecule has 4 heterocycles. The molecule has 2 aromatic rings. The molecule has 6 atom stereocenters. The van der Waals surface area contributed by atoms with Crippen LogP contribution in [0.4, 0.5) is 31.5 Å². The second-order valence-electron chi connectivity index (χ2n) is 12.5. The second-order valence-corrected chi connectivity index (χ2v) is 12.5. The summed E-state index contributed by atoms with van der Waals surface area (Å²) in [5.74, 6) is -3.60. The number of piperidine rings is 1. The summed E-state index contributed by atoms with van der Waals surface area (Å²) in [6.07, 6.45) is -1.40. The normalized spacial score (nSPS) is 28.1. The number of rotatable bonds is 4. The Hall–Kier alpha value is -4.90. The molecule has 15 nitrogen and oxygen atoms in total. The first-order valence-corrected chi connectivity index (χ1v) is 15.2. The molecule has 17 heteroatoms. The maximum Gasteiger partial charge on any atom is 0.273 e. The molecule has 0 bridgehead atoms. The van der Waals surface area contributed by atoms with Gasteiger partial charge in [-0.25, -0.2) is 8.78 Å². The average Bonchev–Trinajstić information content (AvgIpc) is 2.98. The fourth-order valence-corrected chi connectivity index (χ4v) is 7.32. The molecule has 2 aromatic carbocycles. The number of anilines is 2. The number of nitro groups is 2. The van der Waals surface area contributed by atoms with E-state index >= 15 is 0 Å². The number of ketones is 1. The number of carbonyl (C=O) groups excluding carboxylic acids is 4. The first kappa shape index (κ1) is 34.4. The Labute approximate surface area is 272 Å². The van der Waals surface area contributed by atoms with Crippen molar-refractivity contribution in [2.24, 2.45) is 5.41 Å². The third kappa shape index (κ3) is 6.10. The standard InChI is InChI=1S/C18H18FN3O6.C13H15FN2O4/c1-8-7-21-15-10(3-11(22(26)27)4-12(15)19)6-18(16(21)9(2)28-8)13(23)5-14(24)20-17(18)25;1-8-5-15(6-9(2)20-8)13-10(7-17)3-11(16(18)19)4-12(13)14/h3-4,8-9,16H,5-7H2,1-2H3,(H,20,24,25);3-4,7-9H,5-6H2,1-2H3/t8-,9+,16-,18-;8-,9+/m1./s1. The molecule has 0 radical (unpaired) electrons. The minimum atomic E-state index is -1.68. The number of ether oxygens (including phenoxy) is 2. The highest BCUT2D eigenvalue weighted by Crippen LogP contribution is 2.49. The van der Waals surface area contributed by atoms with Crippen molar-refractivity contribution in [3.8, 4) is 0 Å². The van der Waals surface area contributed by atoms with Crippen LogP contribution in [0.2, 0.25) is 0 Å². The molecule has 48 heavy (non-hydrogen) atoms. The summed E-state index contributed by atoms with van der Waals surface area (Å²) in [6, 6.07) is 3.14. The fourth-order valence-electron chi connectivity index (χ4n) is 7.32. The van der Waals surface area contributed by atoms with Crippen LogP contribution in [0.15, 0.2) is 24.3 Å². The van der Waals surface area contributed by atoms with Crippen molar-refractivity contribution in [2.45, 2.75) is 71.0 Å². The number of amides is 2. The number of nitrogens with one attached hydrogen (secondary N) is 1. The summed E-state index contributed by atoms with van der Waals surface area (Å²) >= 11 is 0. The van der Waals surface area contributed by atoms with Crippen LogP contribution < -0.4 is 15.1 Å². The van der Waals surface area contributed by atoms with Crippen LogP contribution in [-0.4, -0.2) is 83.8 Å². The number of hydrogen-bond donors (Lipinski definition) is 1. The number of Topliss-reactive ketones (excluding diaryl/α,β-unsaturated/α-hetero) is 1. The fraction of sp³-hybridized carbons (Fsp3) is 0.484. The van der Waals surface area contributed by atoms with Crippen LogP contribution in [0.5, 0.6) is 0 Å². The van der Waals surface area contributed by atoms with Gasteiger partial charge in [-0.1, -0.05) is 0 Å². The third-order valence-corrected chi connectivity index (χ3v) is 8.91. The van der Waals surface area contributed by atoms with E-state index in [9.17, 15) is 48.2 Å². The van der Waals surface area contributed by atoms with Gasteiger partial charge in [0.1, 0.15) is 5.41 Å². The monoisotopic (exact) mass is 673 g/mol. The first-order valence-electron chi connectivity index (χ1n) is 15.2. The number of nitro benzene ring substituents is 2. The number of non-ortho nitro benzene ring substituents is 2. The van der Waals surface area contributed by atoms with Crippen molar-refractivity contribution in [3.63, 3.8) is 0 Å². The molecular formula is C31H33F2N5O10. The average molecular weight is 674 g/mol. The van der Waals surface area contributed by atoms with Gasteiger partial charge in [-0.3, -0.25) is 44.7 Å². The number of halogens is 2. The van der Waals surface area contributed by atoms with Gasteiger partial charge in [-0.2, -0.15) is 0 Å². The molecule has 2 amide bonds. The van der Waals surface area contributed by atoms with Crippen molar-refractivity contribution in [1.82, 2.24) is 5.32 Å². The number of morpholine rings is 2. The predicted octanol–water partition coefficient (Wildman–Crippen LogP) is 3.03. The number of aldehydes is 1. The number of hydrogen-bond acceptors (Lipinski definition) is 12. The molecule has 1 N–H and O–H groups in total. The second kappa shape index (κ2) is 13.0. The Kier molecular flexibility index (Phi) is 9.29. The van der Waals surface area contributed by atoms with Gasteiger partial charge in [0, 0.05) is 37.3 Å². The summed E-state index contributed by atoms with van der Waals surface area (Å²) in [4.78, 5) is 72.5. The lowest BCUT2D eigenvalue weighted by Gasteiger charge is -2.55. The summed E-state index contributed by atoms with van der Waals surface area (Å²) in [6.45, 7) is 8.25. The number of benzene rings is 2. The van der Waals surface area contributed by atoms with Gasteiger partial charge in [0.2, 0.25) is 11.8 Å². The van der Waals surface area contributed by atoms with Crippen LogP contribution in [0.3, 0.4) is 0 Å². The van der Waals surface area contributed by atoms with E-state index in [4.69, 9.17) is 9.47 Å². The lowest BCUT2D eigenvalue weighted by molar-refractivity contribution is -0.385. The van der Waals surface area contributed by atoms with E-state index in [-0.39, 0.29) is 53.8 Å². The predicted molar refractivity (Wildman–Crippen MR) is 164 cm³/mol. The van der Waals surface area contributed by atoms with E-state index in [2.05, 4.69) is 5.32 Å². The number of carbonyl (C=O) groups is 4. The van der Waals surface area contributed by atoms with E-state index < -0.39 is 74.4 Å². The highest BCUT2D eigenvalue weighted by Gasteiger charge is 2.62. The summed E-state index contributed by atoms with van der Waals surface area (Å²) in [7, 11) is 0. The number of fused-ring (bicyclic) bond motifs is 4. The van der Waals surface area contributed by atoms with Crippen molar-refractivity contribution < 1.29 is 47.3 Å². The quantitative estimate of drug-likeness (QED) is 0.164. The Morgan fingerprint density at radius 2 is 1.44 bits per heavy atom. The number of nitrogens with zero attached hydrogens (tertiary/aromatic N) is 4. The minimum absolute atomic E-state index is 0.0157. The Morgan fingerprint density at radius 1 is 0.875 bits per heavy atom. The largest absolute Gasteiger partial charge is 0.372 e. The van der Waals surface area contributed by atoms with Gasteiger partial charge in [0.05, 0.1) is 70.2 Å². The van der Waals surface area contributed by atoms with Crippen LogP contribution in [0.1, 0.15) is 50.0 Å². The van der Waals surface area contributed by atoms with Crippen molar-refractivity contribution >= 4 is 46.6 Å². The van der Waals surface area contributed by atoms with Crippen molar-refractivity contribution in [1.29, 1.82) is 0 Å². The Morgan fingerprint density at radius 3 is 2.00 bits per heavy atom. The highest BCUT2D eigenvalue weighted by molar-refractivity contribution is 6.22. The molecule has 256 valence electrons. The summed E-state index contributed by atoms with van der Waals surface area (Å²) in [5.41, 5.74) is -2.14. The smallest absolute Gasteiger partial charge is 0.273 e. The van der Waals surface area contributed by atoms with Gasteiger partial charge >= 0.3 is 0 Å². The first-order chi connectivity index (χ1) is 22.6. The zero-order valence-corrected chi connectivity index (χ0v) is 26.4. The van der Waals surface area contributed by atoms with E-state index in [1.54, 1.807) is 23.6 Å². The van der Waals surface area contributed by atoms with Crippen molar-refractivity contribution in [2.75, 3.05) is 29.4 Å². The third-order valence-electron chi connectivity index (χ3n) is 8.91. The lowest BCUT2D eigenvalue weighted by atomic mass is 9.63. The zero-order chi connectivity index (χ0) is 35.2. The maximum absolute atomic E-state index is 14.9. The van der Waals surface area contributed by atoms with Crippen LogP contribution >= 0.6 is 0 Å². The summed E-state index contributed by atoms with van der Waals surface area (Å²) < 4.78 is 40.4. The van der Waals surface area contributed by atoms with Gasteiger partial charge < -0.3 is 19.3 Å². The molecule has 3 fully saturated rings. The van der Waals surface area contributed by atoms with E-state index in [1.807, 2.05) is 13.8 Å². The van der Waals surface area contributed by atoms with Crippen LogP contribution in [0, 0.1) is 37.3 Å². The molecule has 3 saturated heterocycles.